The molecule has 0 rings (SSSR count). The molecule has 0 fully saturated rings. The van der Waals surface area contributed by atoms with E-state index in [2.05, 4.69) is 55.4 Å². The topological polar surface area (TPSA) is 204 Å². The van der Waals surface area contributed by atoms with Crippen LogP contribution < -0.4 is 0 Å². The van der Waals surface area contributed by atoms with Crippen molar-refractivity contribution in [2.24, 2.45) is 28.6 Å². The van der Waals surface area contributed by atoms with Gasteiger partial charge >= 0.3 is 83.0 Å². The van der Waals surface area contributed by atoms with Crippen molar-refractivity contribution in [3.8, 4) is 0 Å². The summed E-state index contributed by atoms with van der Waals surface area (Å²) in [5.74, 6) is -6.09. The molecule has 4 atom stereocenters. The van der Waals surface area contributed by atoms with Gasteiger partial charge in [-0.3, -0.25) is 23.7 Å². The summed E-state index contributed by atoms with van der Waals surface area (Å²) in [6.07, 6.45) is 32.7. The fourth-order valence-corrected chi connectivity index (χ4v) is 12.1. The van der Waals surface area contributed by atoms with Crippen LogP contribution in [0.2, 0.25) is 0 Å². The number of carbonyl (C=O) groups is 4. The van der Waals surface area contributed by atoms with Crippen LogP contribution in [-0.4, -0.2) is 121 Å². The summed E-state index contributed by atoms with van der Waals surface area (Å²) in [4.78, 5) is 51.1. The molecule has 4 unspecified atom stereocenters. The van der Waals surface area contributed by atoms with Gasteiger partial charge < -0.3 is 20.4 Å². The summed E-state index contributed by atoms with van der Waals surface area (Å²) in [5.41, 5.74) is -2.41. The molecule has 70 heavy (non-hydrogen) atoms. The molecular weight excluding hydrogens is 927 g/mol. The number of unbranched alkanes of at least 4 members (excludes halogenated alkanes) is 22. The molecule has 0 spiro atoms. The first-order valence-electron chi connectivity index (χ1n) is 28.3. The van der Waals surface area contributed by atoms with Crippen molar-refractivity contribution in [1.82, 2.24) is 0 Å². The molecule has 0 aromatic carbocycles. The average Bonchev–Trinajstić information content (AvgIpc) is 3.29. The van der Waals surface area contributed by atoms with Gasteiger partial charge in [0.1, 0.15) is 0 Å². The molecule has 408 valence electrons. The first-order chi connectivity index (χ1) is 32.4. The second kappa shape index (κ2) is 46.1. The van der Waals surface area contributed by atoms with Crippen LogP contribution in [0.3, 0.4) is 0 Å². The fraction of sp³-hybridized carbons (Fsp3) is 0.929. The standard InChI is InChI=1S/C36H70O4.C20H38O7S.2Na.2H/c1-7-13-17-19-21-23-27-35(33(37)38,28-24-22-20-18-14-8-2)36(34(39)40,29-31(11-5)25-15-9-3)30-32(12-6)26-16-10-4;1-3-5-7-9-11-13-15-17(18(21)22)20(19(23)24,28(25,26)27)16-14-12-10-8-6-4-2;;;;/h31-32H,7-30H2,1-6H3,(H,37,38)(H,39,40);17H,3-16H2,1-2H3,(H,21,22)(H,23,24)(H,25,26,27);;;;. The molecule has 0 saturated carbocycles. The Morgan fingerprint density at radius 1 is 0.386 bits per heavy atom. The number of hydrogen-bond donors (Lipinski definition) is 5. The minimum absolute atomic E-state index is 0. The first-order valence-corrected chi connectivity index (χ1v) is 29.7. The predicted octanol–water partition coefficient (Wildman–Crippen LogP) is 15.4. The molecule has 0 heterocycles. The maximum absolute atomic E-state index is 13.7. The quantitative estimate of drug-likeness (QED) is 0.0220. The van der Waals surface area contributed by atoms with Crippen LogP contribution in [-0.2, 0) is 29.3 Å². The summed E-state index contributed by atoms with van der Waals surface area (Å²) in [7, 11) is -5.10. The number of carboxylic acid groups (broad SMARTS) is 4. The van der Waals surface area contributed by atoms with Gasteiger partial charge in [0.25, 0.3) is 10.1 Å². The van der Waals surface area contributed by atoms with Gasteiger partial charge in [0.2, 0.25) is 4.75 Å². The number of hydrogen-bond acceptors (Lipinski definition) is 6. The molecule has 0 bridgehead atoms. The molecule has 0 aliphatic rings. The van der Waals surface area contributed by atoms with E-state index in [-0.39, 0.29) is 90.2 Å². The normalized spacial score (nSPS) is 14.6. The molecule has 11 nitrogen and oxygen atoms in total. The third-order valence-corrected chi connectivity index (χ3v) is 17.0. The van der Waals surface area contributed by atoms with Crippen LogP contribution in [0.25, 0.3) is 0 Å². The zero-order valence-electron chi connectivity index (χ0n) is 45.2. The Morgan fingerprint density at radius 2 is 0.686 bits per heavy atom. The Morgan fingerprint density at radius 3 is 0.957 bits per heavy atom. The van der Waals surface area contributed by atoms with Crippen molar-refractivity contribution in [3.05, 3.63) is 0 Å². The Hall–Kier alpha value is -0.210. The summed E-state index contributed by atoms with van der Waals surface area (Å²) in [6.45, 7) is 17.3. The zero-order chi connectivity index (χ0) is 51.9. The van der Waals surface area contributed by atoms with Gasteiger partial charge in [0.05, 0.1) is 16.7 Å². The minimum atomic E-state index is -5.10. The van der Waals surface area contributed by atoms with E-state index < -0.39 is 55.5 Å². The van der Waals surface area contributed by atoms with E-state index in [1.165, 1.54) is 38.5 Å². The first kappa shape index (κ1) is 76.3. The van der Waals surface area contributed by atoms with Crippen molar-refractivity contribution in [2.45, 2.75) is 304 Å². The maximum atomic E-state index is 13.7. The zero-order valence-corrected chi connectivity index (χ0v) is 46.0. The third kappa shape index (κ3) is 28.6. The van der Waals surface area contributed by atoms with E-state index in [0.29, 0.717) is 44.9 Å². The SMILES string of the molecule is CCCCCCCCC(C(=O)O)C(CCCCCCCC)(C(=O)O)S(=O)(=O)O.CCCCCCCCC(CCCCCCCC)(C(=O)O)C(CC(CC)CCCC)(CC(CC)CCCC)C(=O)O.[NaH].[NaH]. The molecule has 0 aromatic heterocycles. The van der Waals surface area contributed by atoms with Crippen molar-refractivity contribution in [3.63, 3.8) is 0 Å². The Kier molecular flexibility index (Phi) is 50.3. The molecule has 5 N–H and O–H groups in total. The van der Waals surface area contributed by atoms with Crippen LogP contribution >= 0.6 is 0 Å². The average molecular weight is 1040 g/mol. The number of rotatable bonds is 47. The molecule has 0 aliphatic carbocycles. The van der Waals surface area contributed by atoms with Gasteiger partial charge in [0.15, 0.2) is 0 Å². The van der Waals surface area contributed by atoms with Gasteiger partial charge in [0, 0.05) is 0 Å². The second-order valence-corrected chi connectivity index (χ2v) is 22.4. The van der Waals surface area contributed by atoms with E-state index in [1.54, 1.807) is 0 Å². The van der Waals surface area contributed by atoms with Gasteiger partial charge in [-0.2, -0.15) is 8.42 Å². The Labute approximate surface area is 474 Å². The van der Waals surface area contributed by atoms with Crippen LogP contribution in [0.1, 0.15) is 299 Å². The molecule has 0 aromatic rings. The van der Waals surface area contributed by atoms with Gasteiger partial charge in [-0.15, -0.1) is 0 Å². The van der Waals surface area contributed by atoms with Crippen molar-refractivity contribution < 1.29 is 52.6 Å². The molecule has 0 saturated heterocycles. The molecule has 0 aliphatic heterocycles. The molecule has 0 radical (unpaired) electrons. The molecular formula is C56H110Na2O11S. The Balaban J connectivity index is -0.000000641. The fourth-order valence-electron chi connectivity index (χ4n) is 10.9. The summed E-state index contributed by atoms with van der Waals surface area (Å²) < 4.78 is 31.3. The Bertz CT molecular complexity index is 1380. The molecule has 0 amide bonds. The van der Waals surface area contributed by atoms with Crippen LogP contribution in [0.4, 0.5) is 0 Å². The summed E-state index contributed by atoms with van der Waals surface area (Å²) in [6, 6.07) is 0. The predicted molar refractivity (Wildman–Crippen MR) is 295 cm³/mol. The van der Waals surface area contributed by atoms with E-state index >= 15 is 0 Å². The number of aliphatic carboxylic acids is 4. The van der Waals surface area contributed by atoms with E-state index in [9.17, 15) is 52.6 Å². The van der Waals surface area contributed by atoms with Gasteiger partial charge in [-0.25, -0.2) is 0 Å². The molecule has 14 heteroatoms. The van der Waals surface area contributed by atoms with Crippen molar-refractivity contribution in [1.29, 1.82) is 0 Å². The van der Waals surface area contributed by atoms with E-state index in [1.807, 2.05) is 0 Å². The van der Waals surface area contributed by atoms with Crippen molar-refractivity contribution in [2.75, 3.05) is 0 Å². The third-order valence-electron chi connectivity index (χ3n) is 15.4. The second-order valence-electron chi connectivity index (χ2n) is 20.7. The number of carboxylic acids is 4. The van der Waals surface area contributed by atoms with Crippen LogP contribution in [0.5, 0.6) is 0 Å². The van der Waals surface area contributed by atoms with E-state index in [0.717, 1.165) is 141 Å². The van der Waals surface area contributed by atoms with Crippen LogP contribution in [0, 0.1) is 28.6 Å². The van der Waals surface area contributed by atoms with Gasteiger partial charge in [-0.05, 0) is 50.4 Å². The van der Waals surface area contributed by atoms with Crippen LogP contribution in [0.15, 0.2) is 0 Å². The monoisotopic (exact) mass is 1040 g/mol. The summed E-state index contributed by atoms with van der Waals surface area (Å²) in [5, 5.41) is 41.7. The summed E-state index contributed by atoms with van der Waals surface area (Å²) >= 11 is 0. The van der Waals surface area contributed by atoms with Crippen molar-refractivity contribution >= 4 is 93.1 Å². The van der Waals surface area contributed by atoms with Gasteiger partial charge in [-0.1, -0.05) is 261 Å². The van der Waals surface area contributed by atoms with E-state index in [4.69, 9.17) is 0 Å².